The Morgan fingerprint density at radius 2 is 2.21 bits per heavy atom. The number of halogens is 1. The van der Waals surface area contributed by atoms with E-state index in [1.54, 1.807) is 31.2 Å². The van der Waals surface area contributed by atoms with Gasteiger partial charge in [0.2, 0.25) is 0 Å². The van der Waals surface area contributed by atoms with Crippen LogP contribution in [0.2, 0.25) is 5.02 Å². The summed E-state index contributed by atoms with van der Waals surface area (Å²) >= 11 is 5.85. The van der Waals surface area contributed by atoms with Gasteiger partial charge in [-0.05, 0) is 44.6 Å². The van der Waals surface area contributed by atoms with Gasteiger partial charge in [-0.2, -0.15) is 0 Å². The molecule has 1 aromatic carbocycles. The third-order valence-corrected chi connectivity index (χ3v) is 2.79. The predicted octanol–water partition coefficient (Wildman–Crippen LogP) is 2.22. The summed E-state index contributed by atoms with van der Waals surface area (Å²) in [6.45, 7) is 6.28. The van der Waals surface area contributed by atoms with Crippen molar-refractivity contribution in [2.24, 2.45) is 0 Å². The molecule has 0 radical (unpaired) electrons. The fourth-order valence-corrected chi connectivity index (χ4v) is 1.72. The maximum absolute atomic E-state index is 11.8. The topological polar surface area (TPSA) is 50.4 Å². The Balaban J connectivity index is 2.28. The minimum atomic E-state index is -0.530. The lowest BCUT2D eigenvalue weighted by Gasteiger charge is -2.14. The highest BCUT2D eigenvalue weighted by atomic mass is 35.5. The van der Waals surface area contributed by atoms with Crippen molar-refractivity contribution in [1.82, 2.24) is 10.6 Å². The number of hydrogen-bond donors (Lipinski definition) is 2. The highest BCUT2D eigenvalue weighted by Crippen LogP contribution is 2.18. The molecule has 0 aliphatic rings. The van der Waals surface area contributed by atoms with Crippen LogP contribution >= 0.6 is 11.6 Å². The van der Waals surface area contributed by atoms with Gasteiger partial charge in [0.25, 0.3) is 5.91 Å². The summed E-state index contributed by atoms with van der Waals surface area (Å²) in [6, 6.07) is 7.02. The van der Waals surface area contributed by atoms with Crippen LogP contribution in [-0.4, -0.2) is 31.6 Å². The van der Waals surface area contributed by atoms with Crippen LogP contribution in [0, 0.1) is 0 Å². The first kappa shape index (κ1) is 15.8. The van der Waals surface area contributed by atoms with E-state index in [9.17, 15) is 4.79 Å². The highest BCUT2D eigenvalue weighted by Gasteiger charge is 2.13. The summed E-state index contributed by atoms with van der Waals surface area (Å²) in [6.07, 6.45) is 0.376. The smallest absolute Gasteiger partial charge is 0.260 e. The van der Waals surface area contributed by atoms with Crippen LogP contribution in [0.3, 0.4) is 0 Å². The van der Waals surface area contributed by atoms with Gasteiger partial charge < -0.3 is 15.4 Å². The molecular weight excluding hydrogens is 264 g/mol. The fourth-order valence-electron chi connectivity index (χ4n) is 1.54. The number of rotatable bonds is 8. The number of amides is 1. The van der Waals surface area contributed by atoms with Gasteiger partial charge in [-0.15, -0.1) is 0 Å². The molecule has 0 saturated carbocycles. The second kappa shape index (κ2) is 8.77. The third-order valence-electron chi connectivity index (χ3n) is 2.56. The van der Waals surface area contributed by atoms with Crippen molar-refractivity contribution in [1.29, 1.82) is 0 Å². The molecule has 106 valence electrons. The van der Waals surface area contributed by atoms with E-state index in [1.807, 2.05) is 0 Å². The maximum atomic E-state index is 11.8. The van der Waals surface area contributed by atoms with Crippen molar-refractivity contribution in [2.75, 3.05) is 19.6 Å². The second-order valence-corrected chi connectivity index (χ2v) is 4.65. The zero-order chi connectivity index (χ0) is 14.1. The van der Waals surface area contributed by atoms with Gasteiger partial charge >= 0.3 is 0 Å². The zero-order valence-electron chi connectivity index (χ0n) is 11.4. The Labute approximate surface area is 119 Å². The average molecular weight is 285 g/mol. The van der Waals surface area contributed by atoms with Gasteiger partial charge in [0, 0.05) is 11.6 Å². The van der Waals surface area contributed by atoms with Crippen LogP contribution in [0.4, 0.5) is 0 Å². The Kier molecular flexibility index (Phi) is 7.30. The van der Waals surface area contributed by atoms with Crippen LogP contribution in [0.1, 0.15) is 20.3 Å². The lowest BCUT2D eigenvalue weighted by atomic mass is 10.3. The molecule has 0 fully saturated rings. The molecular formula is C14H21ClN2O2. The van der Waals surface area contributed by atoms with Crippen molar-refractivity contribution in [3.63, 3.8) is 0 Å². The number of carbonyl (C=O) groups excluding carboxylic acids is 1. The van der Waals surface area contributed by atoms with Crippen molar-refractivity contribution >= 4 is 17.5 Å². The largest absolute Gasteiger partial charge is 0.481 e. The number of ether oxygens (including phenoxy) is 1. The van der Waals surface area contributed by atoms with Crippen LogP contribution in [0.25, 0.3) is 0 Å². The van der Waals surface area contributed by atoms with E-state index in [4.69, 9.17) is 16.3 Å². The molecule has 0 bridgehead atoms. The van der Waals surface area contributed by atoms with Crippen molar-refractivity contribution in [3.8, 4) is 5.75 Å². The van der Waals surface area contributed by atoms with E-state index in [2.05, 4.69) is 17.6 Å². The van der Waals surface area contributed by atoms with E-state index in [-0.39, 0.29) is 5.91 Å². The summed E-state index contributed by atoms with van der Waals surface area (Å²) in [7, 11) is 0. The van der Waals surface area contributed by atoms with E-state index >= 15 is 0 Å². The predicted molar refractivity (Wildman–Crippen MR) is 77.7 cm³/mol. The third kappa shape index (κ3) is 6.45. The molecule has 0 aromatic heterocycles. The molecule has 5 heteroatoms. The molecule has 1 aromatic rings. The number of hydrogen-bond acceptors (Lipinski definition) is 3. The van der Waals surface area contributed by atoms with Gasteiger partial charge in [0.05, 0.1) is 0 Å². The molecule has 4 nitrogen and oxygen atoms in total. The molecule has 1 atom stereocenters. The molecule has 1 unspecified atom stereocenters. The number of carbonyl (C=O) groups is 1. The molecule has 0 heterocycles. The first-order valence-electron chi connectivity index (χ1n) is 6.54. The molecule has 1 amide bonds. The van der Waals surface area contributed by atoms with Gasteiger partial charge in [0.15, 0.2) is 6.10 Å². The zero-order valence-corrected chi connectivity index (χ0v) is 12.2. The molecule has 0 spiro atoms. The molecule has 1 rings (SSSR count). The van der Waals surface area contributed by atoms with Crippen LogP contribution in [-0.2, 0) is 4.79 Å². The summed E-state index contributed by atoms with van der Waals surface area (Å²) < 4.78 is 5.52. The quantitative estimate of drug-likeness (QED) is 0.720. The van der Waals surface area contributed by atoms with Crippen LogP contribution < -0.4 is 15.4 Å². The lowest BCUT2D eigenvalue weighted by molar-refractivity contribution is -0.127. The number of nitrogens with one attached hydrogen (secondary N) is 2. The monoisotopic (exact) mass is 284 g/mol. The Morgan fingerprint density at radius 1 is 1.42 bits per heavy atom. The van der Waals surface area contributed by atoms with Crippen LogP contribution in [0.5, 0.6) is 5.75 Å². The molecule has 0 aliphatic carbocycles. The van der Waals surface area contributed by atoms with Crippen LogP contribution in [0.15, 0.2) is 24.3 Å². The number of benzene rings is 1. The van der Waals surface area contributed by atoms with Gasteiger partial charge in [-0.3, -0.25) is 4.79 Å². The SMILES string of the molecule is CCNCCCNC(=O)C(C)Oc1cccc(Cl)c1. The minimum Gasteiger partial charge on any atom is -0.481 e. The van der Waals surface area contributed by atoms with Gasteiger partial charge in [-0.1, -0.05) is 24.6 Å². The minimum absolute atomic E-state index is 0.114. The van der Waals surface area contributed by atoms with Gasteiger partial charge in [-0.25, -0.2) is 0 Å². The fraction of sp³-hybridized carbons (Fsp3) is 0.500. The summed E-state index contributed by atoms with van der Waals surface area (Å²) in [5.41, 5.74) is 0. The highest BCUT2D eigenvalue weighted by molar-refractivity contribution is 6.30. The Morgan fingerprint density at radius 3 is 2.89 bits per heavy atom. The molecule has 0 aliphatic heterocycles. The lowest BCUT2D eigenvalue weighted by Crippen LogP contribution is -2.37. The summed E-state index contributed by atoms with van der Waals surface area (Å²) in [4.78, 5) is 11.8. The first-order chi connectivity index (χ1) is 9.13. The van der Waals surface area contributed by atoms with Gasteiger partial charge in [0.1, 0.15) is 5.75 Å². The summed E-state index contributed by atoms with van der Waals surface area (Å²) in [5.74, 6) is 0.485. The van der Waals surface area contributed by atoms with Crippen molar-refractivity contribution < 1.29 is 9.53 Å². The van der Waals surface area contributed by atoms with Crippen molar-refractivity contribution in [2.45, 2.75) is 26.4 Å². The standard InChI is InChI=1S/C14H21ClN2O2/c1-3-16-8-5-9-17-14(18)11(2)19-13-7-4-6-12(15)10-13/h4,6-7,10-11,16H,3,5,8-9H2,1-2H3,(H,17,18). The second-order valence-electron chi connectivity index (χ2n) is 4.22. The Hall–Kier alpha value is -1.26. The average Bonchev–Trinajstić information content (AvgIpc) is 2.38. The van der Waals surface area contributed by atoms with E-state index < -0.39 is 6.10 Å². The summed E-state index contributed by atoms with van der Waals surface area (Å²) in [5, 5.41) is 6.63. The normalized spacial score (nSPS) is 11.9. The van der Waals surface area contributed by atoms with E-state index in [0.717, 1.165) is 19.5 Å². The Bertz CT molecular complexity index is 399. The van der Waals surface area contributed by atoms with E-state index in [1.165, 1.54) is 0 Å². The molecule has 19 heavy (non-hydrogen) atoms. The van der Waals surface area contributed by atoms with E-state index in [0.29, 0.717) is 17.3 Å². The first-order valence-corrected chi connectivity index (χ1v) is 6.92. The molecule has 2 N–H and O–H groups in total. The molecule has 0 saturated heterocycles. The maximum Gasteiger partial charge on any atom is 0.260 e. The van der Waals surface area contributed by atoms with Crippen molar-refractivity contribution in [3.05, 3.63) is 29.3 Å².